The summed E-state index contributed by atoms with van der Waals surface area (Å²) in [7, 11) is 0. The molecule has 1 aromatic heterocycles. The van der Waals surface area contributed by atoms with Crippen LogP contribution in [0.4, 0.5) is 4.39 Å². The van der Waals surface area contributed by atoms with E-state index in [0.717, 1.165) is 37.4 Å². The minimum Gasteiger partial charge on any atom is -0.333 e. The Balaban J connectivity index is 2.26. The Hall–Kier alpha value is -0.900. The van der Waals surface area contributed by atoms with E-state index in [2.05, 4.69) is 28.0 Å². The predicted molar refractivity (Wildman–Crippen MR) is 57.6 cm³/mol. The molecule has 1 unspecified atom stereocenters. The number of rotatable bonds is 3. The van der Waals surface area contributed by atoms with E-state index in [0.29, 0.717) is 6.42 Å². The molecule has 0 saturated carbocycles. The number of aromatic nitrogens is 2. The lowest BCUT2D eigenvalue weighted by atomic mass is 10.2. The molecule has 3 nitrogen and oxygen atoms in total. The summed E-state index contributed by atoms with van der Waals surface area (Å²) in [4.78, 5) is 4.56. The minimum atomic E-state index is -0.286. The highest BCUT2D eigenvalue weighted by Crippen LogP contribution is 2.20. The second-order valence-corrected chi connectivity index (χ2v) is 3.98. The largest absolute Gasteiger partial charge is 0.333 e. The lowest BCUT2D eigenvalue weighted by Crippen LogP contribution is -2.22. The van der Waals surface area contributed by atoms with Crippen molar-refractivity contribution in [2.24, 2.45) is 0 Å². The minimum absolute atomic E-state index is 0.0952. The number of nitrogens with zero attached hydrogens (tertiary/aromatic N) is 2. The number of fused-ring (bicyclic) bond motifs is 1. The summed E-state index contributed by atoms with van der Waals surface area (Å²) < 4.78 is 14.6. The van der Waals surface area contributed by atoms with Gasteiger partial charge in [0.1, 0.15) is 5.82 Å². The van der Waals surface area contributed by atoms with Crippen molar-refractivity contribution in [2.45, 2.75) is 38.8 Å². The molecule has 1 N–H and O–H groups in total. The van der Waals surface area contributed by atoms with Crippen LogP contribution in [0, 0.1) is 0 Å². The van der Waals surface area contributed by atoms with Gasteiger partial charge in [-0.25, -0.2) is 4.98 Å². The van der Waals surface area contributed by atoms with Gasteiger partial charge in [-0.3, -0.25) is 4.39 Å². The van der Waals surface area contributed by atoms with Crippen molar-refractivity contribution in [3.05, 3.63) is 17.7 Å². The summed E-state index contributed by atoms with van der Waals surface area (Å²) in [5.74, 6) is 1.02. The van der Waals surface area contributed by atoms with Crippen molar-refractivity contribution < 1.29 is 4.39 Å². The lowest BCUT2D eigenvalue weighted by molar-refractivity contribution is 0.397. The van der Waals surface area contributed by atoms with Crippen molar-refractivity contribution in [1.29, 1.82) is 0 Å². The molecule has 2 rings (SSSR count). The summed E-state index contributed by atoms with van der Waals surface area (Å²) in [6.45, 7) is 3.76. The van der Waals surface area contributed by atoms with Gasteiger partial charge in [0.2, 0.25) is 0 Å². The third kappa shape index (κ3) is 2.20. The van der Waals surface area contributed by atoms with Crippen LogP contribution in [0.1, 0.15) is 37.3 Å². The molecule has 0 amide bonds. The van der Waals surface area contributed by atoms with E-state index in [9.17, 15) is 4.39 Å². The summed E-state index contributed by atoms with van der Waals surface area (Å²) in [6, 6.07) is 0.0952. The number of imidazole rings is 1. The van der Waals surface area contributed by atoms with Gasteiger partial charge in [0.15, 0.2) is 0 Å². The second-order valence-electron chi connectivity index (χ2n) is 3.98. The van der Waals surface area contributed by atoms with Crippen LogP contribution >= 0.6 is 0 Å². The SMILES string of the molecule is CCc1cn2c(n1)C(CCF)NCCC2. The number of hydrogen-bond acceptors (Lipinski definition) is 2. The third-order valence-corrected chi connectivity index (χ3v) is 2.90. The molecule has 0 fully saturated rings. The van der Waals surface area contributed by atoms with Crippen LogP contribution in [-0.2, 0) is 13.0 Å². The van der Waals surface area contributed by atoms with E-state index in [1.165, 1.54) is 0 Å². The standard InChI is InChI=1S/C11H18FN3/c1-2-9-8-15-7-3-6-13-10(4-5-12)11(15)14-9/h8,10,13H,2-7H2,1H3. The number of aryl methyl sites for hydroxylation is 2. The van der Waals surface area contributed by atoms with Crippen molar-refractivity contribution in [2.75, 3.05) is 13.2 Å². The van der Waals surface area contributed by atoms with Crippen LogP contribution in [0.25, 0.3) is 0 Å². The van der Waals surface area contributed by atoms with E-state index in [1.807, 2.05) is 0 Å². The average molecular weight is 211 g/mol. The number of halogens is 1. The normalized spacial score (nSPS) is 21.1. The van der Waals surface area contributed by atoms with Crippen molar-refractivity contribution in [1.82, 2.24) is 14.9 Å². The molecule has 4 heteroatoms. The molecule has 0 bridgehead atoms. The van der Waals surface area contributed by atoms with Gasteiger partial charge in [0.05, 0.1) is 18.4 Å². The Morgan fingerprint density at radius 3 is 3.27 bits per heavy atom. The fourth-order valence-electron chi connectivity index (χ4n) is 2.07. The fourth-order valence-corrected chi connectivity index (χ4v) is 2.07. The number of nitrogens with one attached hydrogen (secondary N) is 1. The molecule has 1 aliphatic rings. The Morgan fingerprint density at radius 2 is 2.53 bits per heavy atom. The molecule has 84 valence electrons. The first-order chi connectivity index (χ1) is 7.35. The average Bonchev–Trinajstić information content (AvgIpc) is 2.58. The van der Waals surface area contributed by atoms with E-state index >= 15 is 0 Å². The Kier molecular flexibility index (Phi) is 3.36. The van der Waals surface area contributed by atoms with Crippen LogP contribution in [0.2, 0.25) is 0 Å². The van der Waals surface area contributed by atoms with E-state index in [1.54, 1.807) is 0 Å². The van der Waals surface area contributed by atoms with Crippen molar-refractivity contribution in [3.63, 3.8) is 0 Å². The summed E-state index contributed by atoms with van der Waals surface area (Å²) in [6.07, 6.45) is 4.67. The quantitative estimate of drug-likeness (QED) is 0.826. The maximum atomic E-state index is 12.4. The summed E-state index contributed by atoms with van der Waals surface area (Å²) in [5.41, 5.74) is 1.11. The van der Waals surface area contributed by atoms with Crippen LogP contribution in [0.3, 0.4) is 0 Å². The number of alkyl halides is 1. The molecule has 1 aliphatic heterocycles. The van der Waals surface area contributed by atoms with Crippen molar-refractivity contribution in [3.8, 4) is 0 Å². The summed E-state index contributed by atoms with van der Waals surface area (Å²) >= 11 is 0. The third-order valence-electron chi connectivity index (χ3n) is 2.90. The van der Waals surface area contributed by atoms with Gasteiger partial charge in [-0.2, -0.15) is 0 Å². The van der Waals surface area contributed by atoms with Crippen LogP contribution < -0.4 is 5.32 Å². The first-order valence-electron chi connectivity index (χ1n) is 5.70. The Morgan fingerprint density at radius 1 is 1.67 bits per heavy atom. The lowest BCUT2D eigenvalue weighted by Gasteiger charge is -2.13. The van der Waals surface area contributed by atoms with E-state index in [-0.39, 0.29) is 12.7 Å². The molecule has 0 spiro atoms. The first kappa shape index (κ1) is 10.6. The maximum Gasteiger partial charge on any atom is 0.126 e. The molecule has 0 saturated heterocycles. The monoisotopic (exact) mass is 211 g/mol. The van der Waals surface area contributed by atoms with Gasteiger partial charge in [-0.15, -0.1) is 0 Å². The van der Waals surface area contributed by atoms with Gasteiger partial charge in [-0.1, -0.05) is 6.92 Å². The molecule has 0 aliphatic carbocycles. The Bertz CT molecular complexity index is 322. The molecular weight excluding hydrogens is 193 g/mol. The zero-order valence-electron chi connectivity index (χ0n) is 9.17. The second kappa shape index (κ2) is 4.75. The van der Waals surface area contributed by atoms with E-state index < -0.39 is 0 Å². The maximum absolute atomic E-state index is 12.4. The van der Waals surface area contributed by atoms with Gasteiger partial charge in [-0.05, 0) is 25.8 Å². The van der Waals surface area contributed by atoms with E-state index in [4.69, 9.17) is 0 Å². The van der Waals surface area contributed by atoms with Crippen LogP contribution in [0.5, 0.6) is 0 Å². The molecule has 15 heavy (non-hydrogen) atoms. The molecule has 0 aromatic carbocycles. The molecular formula is C11H18FN3. The van der Waals surface area contributed by atoms with Gasteiger partial charge < -0.3 is 9.88 Å². The number of hydrogen-bond donors (Lipinski definition) is 1. The Labute approximate surface area is 89.7 Å². The highest BCUT2D eigenvalue weighted by Gasteiger charge is 2.20. The highest BCUT2D eigenvalue weighted by atomic mass is 19.1. The molecule has 1 aromatic rings. The van der Waals surface area contributed by atoms with Gasteiger partial charge >= 0.3 is 0 Å². The van der Waals surface area contributed by atoms with Crippen molar-refractivity contribution >= 4 is 0 Å². The molecule has 0 radical (unpaired) electrons. The zero-order valence-corrected chi connectivity index (χ0v) is 9.17. The van der Waals surface area contributed by atoms with Crippen LogP contribution in [-0.4, -0.2) is 22.8 Å². The molecule has 2 heterocycles. The highest BCUT2D eigenvalue weighted by molar-refractivity contribution is 5.09. The molecule has 1 atom stereocenters. The zero-order chi connectivity index (χ0) is 10.7. The van der Waals surface area contributed by atoms with Gasteiger partial charge in [0.25, 0.3) is 0 Å². The predicted octanol–water partition coefficient (Wildman–Crippen LogP) is 1.84. The summed E-state index contributed by atoms with van der Waals surface area (Å²) in [5, 5.41) is 3.35. The fraction of sp³-hybridized carbons (Fsp3) is 0.727. The smallest absolute Gasteiger partial charge is 0.126 e. The van der Waals surface area contributed by atoms with Gasteiger partial charge in [0, 0.05) is 12.7 Å². The van der Waals surface area contributed by atoms with Crippen LogP contribution in [0.15, 0.2) is 6.20 Å². The first-order valence-corrected chi connectivity index (χ1v) is 5.70. The topological polar surface area (TPSA) is 29.9 Å².